The largest absolute Gasteiger partial charge is 0.492 e. The average Bonchev–Trinajstić information content (AvgIpc) is 2.78. The molecule has 0 aliphatic carbocycles. The maximum atomic E-state index is 12.5. The summed E-state index contributed by atoms with van der Waals surface area (Å²) in [6.07, 6.45) is 0.725. The molecule has 6 heteroatoms. The molecule has 3 aromatic carbocycles. The SMILES string of the molecule is Cc1ccc(OCC(=O)NNC(=O)c2ccccc2OCCc2ccccc2)c(C)c1. The Morgan fingerprint density at radius 3 is 2.32 bits per heavy atom. The predicted molar refractivity (Wildman–Crippen MR) is 119 cm³/mol. The molecule has 0 saturated carbocycles. The van der Waals surface area contributed by atoms with Crippen LogP contribution in [0.25, 0.3) is 0 Å². The molecule has 0 unspecified atom stereocenters. The number of carbonyl (C=O) groups is 2. The quantitative estimate of drug-likeness (QED) is 0.546. The molecule has 0 spiro atoms. The van der Waals surface area contributed by atoms with E-state index in [0.29, 0.717) is 23.7 Å². The van der Waals surface area contributed by atoms with Gasteiger partial charge in [0.1, 0.15) is 11.5 Å². The minimum atomic E-state index is -0.463. The average molecular weight is 418 g/mol. The van der Waals surface area contributed by atoms with E-state index in [-0.39, 0.29) is 6.61 Å². The van der Waals surface area contributed by atoms with Crippen LogP contribution < -0.4 is 20.3 Å². The van der Waals surface area contributed by atoms with Crippen LogP contribution in [0.2, 0.25) is 0 Å². The highest BCUT2D eigenvalue weighted by molar-refractivity contribution is 5.97. The fourth-order valence-electron chi connectivity index (χ4n) is 3.04. The summed E-state index contributed by atoms with van der Waals surface area (Å²) in [5, 5.41) is 0. The second-order valence-electron chi connectivity index (χ2n) is 7.14. The number of benzene rings is 3. The van der Waals surface area contributed by atoms with Gasteiger partial charge in [0, 0.05) is 6.42 Å². The Bertz CT molecular complexity index is 1030. The van der Waals surface area contributed by atoms with E-state index >= 15 is 0 Å². The Labute approximate surface area is 182 Å². The zero-order valence-corrected chi connectivity index (χ0v) is 17.7. The highest BCUT2D eigenvalue weighted by atomic mass is 16.5. The van der Waals surface area contributed by atoms with Crippen molar-refractivity contribution in [3.63, 3.8) is 0 Å². The number of amides is 2. The number of hydrogen-bond acceptors (Lipinski definition) is 4. The van der Waals surface area contributed by atoms with Gasteiger partial charge in [-0.2, -0.15) is 0 Å². The molecule has 0 aliphatic heterocycles. The van der Waals surface area contributed by atoms with Crippen LogP contribution in [0, 0.1) is 13.8 Å². The lowest BCUT2D eigenvalue weighted by Crippen LogP contribution is -2.44. The van der Waals surface area contributed by atoms with Gasteiger partial charge >= 0.3 is 0 Å². The van der Waals surface area contributed by atoms with Gasteiger partial charge in [0.2, 0.25) is 0 Å². The first-order valence-electron chi connectivity index (χ1n) is 10.1. The molecule has 160 valence electrons. The molecular formula is C25H26N2O4. The molecule has 0 fully saturated rings. The number of ether oxygens (including phenoxy) is 2. The summed E-state index contributed by atoms with van der Waals surface area (Å²) in [7, 11) is 0. The molecule has 31 heavy (non-hydrogen) atoms. The number of para-hydroxylation sites is 1. The van der Waals surface area contributed by atoms with Gasteiger partial charge in [-0.25, -0.2) is 0 Å². The van der Waals surface area contributed by atoms with Crippen molar-refractivity contribution in [1.29, 1.82) is 0 Å². The van der Waals surface area contributed by atoms with Gasteiger partial charge in [-0.3, -0.25) is 20.4 Å². The number of hydrogen-bond donors (Lipinski definition) is 2. The van der Waals surface area contributed by atoms with Gasteiger partial charge in [0.15, 0.2) is 6.61 Å². The molecule has 6 nitrogen and oxygen atoms in total. The first kappa shape index (κ1) is 21.9. The Morgan fingerprint density at radius 1 is 0.806 bits per heavy atom. The van der Waals surface area contributed by atoms with Crippen molar-refractivity contribution in [1.82, 2.24) is 10.9 Å². The van der Waals surface area contributed by atoms with Crippen molar-refractivity contribution in [2.75, 3.05) is 13.2 Å². The fraction of sp³-hybridized carbons (Fsp3) is 0.200. The van der Waals surface area contributed by atoms with E-state index in [2.05, 4.69) is 10.9 Å². The van der Waals surface area contributed by atoms with Crippen molar-refractivity contribution in [3.05, 3.63) is 95.1 Å². The number of rotatable bonds is 8. The van der Waals surface area contributed by atoms with Crippen LogP contribution in [-0.2, 0) is 11.2 Å². The lowest BCUT2D eigenvalue weighted by molar-refractivity contribution is -0.123. The van der Waals surface area contributed by atoms with E-state index in [1.165, 1.54) is 0 Å². The Balaban J connectivity index is 1.49. The highest BCUT2D eigenvalue weighted by Crippen LogP contribution is 2.19. The van der Waals surface area contributed by atoms with Gasteiger partial charge in [0.25, 0.3) is 11.8 Å². The van der Waals surface area contributed by atoms with Gasteiger partial charge in [-0.1, -0.05) is 60.2 Å². The summed E-state index contributed by atoms with van der Waals surface area (Å²) in [5.74, 6) is 0.159. The van der Waals surface area contributed by atoms with E-state index in [4.69, 9.17) is 9.47 Å². The van der Waals surface area contributed by atoms with Crippen molar-refractivity contribution >= 4 is 11.8 Å². The van der Waals surface area contributed by atoms with Crippen LogP contribution >= 0.6 is 0 Å². The van der Waals surface area contributed by atoms with E-state index in [9.17, 15) is 9.59 Å². The lowest BCUT2D eigenvalue weighted by atomic mass is 10.1. The van der Waals surface area contributed by atoms with Gasteiger partial charge in [-0.15, -0.1) is 0 Å². The number of aryl methyl sites for hydroxylation is 2. The minimum Gasteiger partial charge on any atom is -0.492 e. The fourth-order valence-corrected chi connectivity index (χ4v) is 3.04. The molecule has 3 aromatic rings. The molecule has 0 atom stereocenters. The third kappa shape index (κ3) is 6.60. The number of nitrogens with one attached hydrogen (secondary N) is 2. The number of carbonyl (C=O) groups excluding carboxylic acids is 2. The molecule has 0 bridgehead atoms. The zero-order valence-electron chi connectivity index (χ0n) is 17.7. The molecular weight excluding hydrogens is 392 g/mol. The third-order valence-electron chi connectivity index (χ3n) is 4.63. The van der Waals surface area contributed by atoms with E-state index < -0.39 is 11.8 Å². The maximum Gasteiger partial charge on any atom is 0.276 e. The van der Waals surface area contributed by atoms with Crippen LogP contribution in [0.5, 0.6) is 11.5 Å². The smallest absolute Gasteiger partial charge is 0.276 e. The van der Waals surface area contributed by atoms with Crippen LogP contribution in [0.4, 0.5) is 0 Å². The van der Waals surface area contributed by atoms with E-state index in [1.54, 1.807) is 24.3 Å². The Hall–Kier alpha value is -3.80. The van der Waals surface area contributed by atoms with Crippen molar-refractivity contribution in [2.24, 2.45) is 0 Å². The Kier molecular flexibility index (Phi) is 7.65. The van der Waals surface area contributed by atoms with Crippen LogP contribution in [0.1, 0.15) is 27.0 Å². The second kappa shape index (κ2) is 10.8. The molecule has 2 amide bonds. The highest BCUT2D eigenvalue weighted by Gasteiger charge is 2.13. The van der Waals surface area contributed by atoms with Gasteiger partial charge in [0.05, 0.1) is 12.2 Å². The summed E-state index contributed by atoms with van der Waals surface area (Å²) in [4.78, 5) is 24.6. The predicted octanol–water partition coefficient (Wildman–Crippen LogP) is 3.76. The molecule has 2 N–H and O–H groups in total. The molecule has 0 heterocycles. The molecule has 0 radical (unpaired) electrons. The second-order valence-corrected chi connectivity index (χ2v) is 7.14. The summed E-state index contributed by atoms with van der Waals surface area (Å²) in [5.41, 5.74) is 8.33. The van der Waals surface area contributed by atoms with Crippen LogP contribution in [0.3, 0.4) is 0 Å². The molecule has 0 aliphatic rings. The topological polar surface area (TPSA) is 76.7 Å². The van der Waals surface area contributed by atoms with Gasteiger partial charge in [-0.05, 0) is 43.2 Å². The van der Waals surface area contributed by atoms with E-state index in [1.807, 2.05) is 62.4 Å². The van der Waals surface area contributed by atoms with Crippen molar-refractivity contribution in [3.8, 4) is 11.5 Å². The van der Waals surface area contributed by atoms with Gasteiger partial charge < -0.3 is 9.47 Å². The maximum absolute atomic E-state index is 12.5. The first-order valence-corrected chi connectivity index (χ1v) is 10.1. The molecule has 3 rings (SSSR count). The monoisotopic (exact) mass is 418 g/mol. The first-order chi connectivity index (χ1) is 15.0. The normalized spacial score (nSPS) is 10.3. The summed E-state index contributed by atoms with van der Waals surface area (Å²) >= 11 is 0. The van der Waals surface area contributed by atoms with E-state index in [0.717, 1.165) is 23.1 Å². The lowest BCUT2D eigenvalue weighted by Gasteiger charge is -2.13. The zero-order chi connectivity index (χ0) is 22.1. The van der Waals surface area contributed by atoms with Crippen molar-refractivity contribution < 1.29 is 19.1 Å². The standard InChI is InChI=1S/C25H26N2O4/c1-18-12-13-22(19(2)16-18)31-17-24(28)26-27-25(29)21-10-6-7-11-23(21)30-15-14-20-8-4-3-5-9-20/h3-13,16H,14-15,17H2,1-2H3,(H,26,28)(H,27,29). The summed E-state index contributed by atoms with van der Waals surface area (Å²) in [6, 6.07) is 22.6. The van der Waals surface area contributed by atoms with Crippen LogP contribution in [-0.4, -0.2) is 25.0 Å². The number of hydrazine groups is 1. The molecule has 0 saturated heterocycles. The van der Waals surface area contributed by atoms with Crippen LogP contribution in [0.15, 0.2) is 72.8 Å². The molecule has 0 aromatic heterocycles. The minimum absolute atomic E-state index is 0.209. The summed E-state index contributed by atoms with van der Waals surface area (Å²) in [6.45, 7) is 4.13. The Morgan fingerprint density at radius 2 is 1.55 bits per heavy atom. The third-order valence-corrected chi connectivity index (χ3v) is 4.63. The summed E-state index contributed by atoms with van der Waals surface area (Å²) < 4.78 is 11.3. The van der Waals surface area contributed by atoms with Crippen molar-refractivity contribution in [2.45, 2.75) is 20.3 Å².